The highest BCUT2D eigenvalue weighted by molar-refractivity contribution is 6.00. The van der Waals surface area contributed by atoms with Gasteiger partial charge in [0.2, 0.25) is 5.91 Å². The van der Waals surface area contributed by atoms with Crippen LogP contribution in [-0.2, 0) is 14.3 Å². The molecule has 202 valence electrons. The first kappa shape index (κ1) is 29.9. The number of carbonyl (C=O) groups is 3. The SMILES string of the molecule is CCN(C(=O)C(NC(=O)OC(C)(C)C)C(C)C)C(C(=O)Nc1c(C)cccc1C)c1ccc(C)c(C)c1. The first-order valence-electron chi connectivity index (χ1n) is 12.9. The number of aryl methyl sites for hydroxylation is 4. The molecule has 0 saturated heterocycles. The molecular formula is C30H43N3O4. The van der Waals surface area contributed by atoms with Gasteiger partial charge in [0.05, 0.1) is 0 Å². The van der Waals surface area contributed by atoms with E-state index in [2.05, 4.69) is 10.6 Å². The van der Waals surface area contributed by atoms with E-state index in [-0.39, 0.29) is 24.3 Å². The molecule has 0 aliphatic carbocycles. The third-order valence-corrected chi connectivity index (χ3v) is 6.36. The van der Waals surface area contributed by atoms with Crippen molar-refractivity contribution in [3.05, 3.63) is 64.2 Å². The van der Waals surface area contributed by atoms with Crippen molar-refractivity contribution in [1.29, 1.82) is 0 Å². The van der Waals surface area contributed by atoms with Crippen LogP contribution in [0, 0.1) is 33.6 Å². The Morgan fingerprint density at radius 3 is 2.00 bits per heavy atom. The number of alkyl carbamates (subject to hydrolysis) is 1. The number of nitrogens with one attached hydrogen (secondary N) is 2. The topological polar surface area (TPSA) is 87.7 Å². The second-order valence-electron chi connectivity index (χ2n) is 11.0. The molecule has 0 spiro atoms. The van der Waals surface area contributed by atoms with E-state index in [1.54, 1.807) is 20.8 Å². The summed E-state index contributed by atoms with van der Waals surface area (Å²) in [5, 5.41) is 5.81. The maximum absolute atomic E-state index is 14.0. The van der Waals surface area contributed by atoms with Gasteiger partial charge in [-0.3, -0.25) is 9.59 Å². The Kier molecular flexibility index (Phi) is 9.90. The third-order valence-electron chi connectivity index (χ3n) is 6.36. The molecule has 7 heteroatoms. The Balaban J connectivity index is 2.52. The standard InChI is InChI=1S/C30H43N3O4/c1-11-33(28(35)24(18(2)3)32-29(36)37-30(8,9)10)26(23-16-15-19(4)22(7)17-23)27(34)31-25-20(5)13-12-14-21(25)6/h12-18,24,26H,11H2,1-10H3,(H,31,34)(H,32,36). The van der Waals surface area contributed by atoms with Crippen LogP contribution in [0.3, 0.4) is 0 Å². The van der Waals surface area contributed by atoms with E-state index in [9.17, 15) is 14.4 Å². The number of rotatable bonds is 8. The van der Waals surface area contributed by atoms with Crippen molar-refractivity contribution >= 4 is 23.6 Å². The van der Waals surface area contributed by atoms with Gasteiger partial charge in [0, 0.05) is 12.2 Å². The molecule has 0 fully saturated rings. The number of anilines is 1. The van der Waals surface area contributed by atoms with Crippen LogP contribution >= 0.6 is 0 Å². The average molecular weight is 510 g/mol. The molecule has 0 aliphatic heterocycles. The number of likely N-dealkylation sites (N-methyl/N-ethyl adjacent to an activating group) is 1. The molecule has 37 heavy (non-hydrogen) atoms. The minimum absolute atomic E-state index is 0.226. The quantitative estimate of drug-likeness (QED) is 0.457. The monoisotopic (exact) mass is 509 g/mol. The van der Waals surface area contributed by atoms with Crippen LogP contribution in [0.1, 0.15) is 75.4 Å². The molecular weight excluding hydrogens is 466 g/mol. The normalized spacial score (nSPS) is 13.1. The molecule has 0 saturated carbocycles. The minimum Gasteiger partial charge on any atom is -0.444 e. The molecule has 2 rings (SSSR count). The zero-order chi connectivity index (χ0) is 28.1. The highest BCUT2D eigenvalue weighted by atomic mass is 16.6. The van der Waals surface area contributed by atoms with Crippen LogP contribution < -0.4 is 10.6 Å². The predicted molar refractivity (Wildman–Crippen MR) is 149 cm³/mol. The lowest BCUT2D eigenvalue weighted by molar-refractivity contribution is -0.141. The summed E-state index contributed by atoms with van der Waals surface area (Å²) >= 11 is 0. The van der Waals surface area contributed by atoms with E-state index in [4.69, 9.17) is 4.74 Å². The molecule has 3 amide bonds. The lowest BCUT2D eigenvalue weighted by atomic mass is 9.96. The van der Waals surface area contributed by atoms with Gasteiger partial charge < -0.3 is 20.3 Å². The van der Waals surface area contributed by atoms with Crippen LogP contribution in [0.5, 0.6) is 0 Å². The second kappa shape index (κ2) is 12.3. The van der Waals surface area contributed by atoms with Crippen molar-refractivity contribution in [2.45, 2.75) is 86.9 Å². The number of hydrogen-bond acceptors (Lipinski definition) is 4. The van der Waals surface area contributed by atoms with Crippen molar-refractivity contribution in [3.63, 3.8) is 0 Å². The molecule has 0 radical (unpaired) electrons. The third kappa shape index (κ3) is 7.81. The number of amides is 3. The van der Waals surface area contributed by atoms with Crippen LogP contribution in [0.2, 0.25) is 0 Å². The predicted octanol–water partition coefficient (Wildman–Crippen LogP) is 6.00. The largest absolute Gasteiger partial charge is 0.444 e. The fourth-order valence-corrected chi connectivity index (χ4v) is 4.20. The van der Waals surface area contributed by atoms with Gasteiger partial charge in [-0.15, -0.1) is 0 Å². The molecule has 0 heterocycles. The summed E-state index contributed by atoms with van der Waals surface area (Å²) in [6, 6.07) is 9.87. The highest BCUT2D eigenvalue weighted by Crippen LogP contribution is 2.28. The molecule has 2 atom stereocenters. The van der Waals surface area contributed by atoms with Crippen LogP contribution in [0.15, 0.2) is 36.4 Å². The molecule has 2 aromatic rings. The number of benzene rings is 2. The minimum atomic E-state index is -0.891. The Labute approximate surface area is 222 Å². The molecule has 2 unspecified atom stereocenters. The van der Waals surface area contributed by atoms with Crippen molar-refractivity contribution in [1.82, 2.24) is 10.2 Å². The summed E-state index contributed by atoms with van der Waals surface area (Å²) in [6.07, 6.45) is -0.668. The van der Waals surface area contributed by atoms with Gasteiger partial charge in [0.25, 0.3) is 5.91 Å². The second-order valence-corrected chi connectivity index (χ2v) is 11.0. The van der Waals surface area contributed by atoms with Gasteiger partial charge in [0.15, 0.2) is 0 Å². The van der Waals surface area contributed by atoms with E-state index in [1.165, 1.54) is 4.90 Å². The molecule has 2 N–H and O–H groups in total. The summed E-state index contributed by atoms with van der Waals surface area (Å²) in [6.45, 7) is 19.0. The van der Waals surface area contributed by atoms with Gasteiger partial charge in [-0.05, 0) is 89.1 Å². The number of nitrogens with zero attached hydrogens (tertiary/aromatic N) is 1. The summed E-state index contributed by atoms with van der Waals surface area (Å²) in [7, 11) is 0. The first-order valence-corrected chi connectivity index (χ1v) is 12.9. The summed E-state index contributed by atoms with van der Waals surface area (Å²) in [5.41, 5.74) is 4.74. The average Bonchev–Trinajstić information content (AvgIpc) is 2.78. The zero-order valence-electron chi connectivity index (χ0n) is 24.0. The van der Waals surface area contributed by atoms with Crippen molar-refractivity contribution in [2.24, 2.45) is 5.92 Å². The number of ether oxygens (including phenoxy) is 1. The van der Waals surface area contributed by atoms with Gasteiger partial charge in [-0.1, -0.05) is 50.2 Å². The maximum atomic E-state index is 14.0. The van der Waals surface area contributed by atoms with E-state index in [0.29, 0.717) is 5.56 Å². The lowest BCUT2D eigenvalue weighted by Gasteiger charge is -2.35. The van der Waals surface area contributed by atoms with Crippen molar-refractivity contribution in [3.8, 4) is 0 Å². The first-order chi connectivity index (χ1) is 17.2. The van der Waals surface area contributed by atoms with Gasteiger partial charge in [0.1, 0.15) is 17.7 Å². The fraction of sp³-hybridized carbons (Fsp3) is 0.500. The maximum Gasteiger partial charge on any atom is 0.408 e. The van der Waals surface area contributed by atoms with E-state index >= 15 is 0 Å². The smallest absolute Gasteiger partial charge is 0.408 e. The summed E-state index contributed by atoms with van der Waals surface area (Å²) in [4.78, 5) is 42.0. The Morgan fingerprint density at radius 1 is 0.919 bits per heavy atom. The van der Waals surface area contributed by atoms with Gasteiger partial charge in [-0.25, -0.2) is 4.79 Å². The van der Waals surface area contributed by atoms with Crippen LogP contribution in [-0.4, -0.2) is 41.0 Å². The molecule has 2 aromatic carbocycles. The number of para-hydroxylation sites is 1. The van der Waals surface area contributed by atoms with Crippen molar-refractivity contribution < 1.29 is 19.1 Å². The number of hydrogen-bond donors (Lipinski definition) is 2. The summed E-state index contributed by atoms with van der Waals surface area (Å²) in [5.74, 6) is -0.880. The molecule has 0 aliphatic rings. The summed E-state index contributed by atoms with van der Waals surface area (Å²) < 4.78 is 5.41. The Morgan fingerprint density at radius 2 is 1.51 bits per heavy atom. The van der Waals surface area contributed by atoms with E-state index < -0.39 is 23.8 Å². The van der Waals surface area contributed by atoms with Crippen LogP contribution in [0.4, 0.5) is 10.5 Å². The van der Waals surface area contributed by atoms with E-state index in [0.717, 1.165) is 27.9 Å². The molecule has 7 nitrogen and oxygen atoms in total. The Hall–Kier alpha value is -3.35. The lowest BCUT2D eigenvalue weighted by Crippen LogP contribution is -2.54. The zero-order valence-corrected chi connectivity index (χ0v) is 24.0. The highest BCUT2D eigenvalue weighted by Gasteiger charge is 2.37. The fourth-order valence-electron chi connectivity index (χ4n) is 4.20. The van der Waals surface area contributed by atoms with E-state index in [1.807, 2.05) is 84.9 Å². The number of carbonyl (C=O) groups excluding carboxylic acids is 3. The van der Waals surface area contributed by atoms with Gasteiger partial charge in [-0.2, -0.15) is 0 Å². The van der Waals surface area contributed by atoms with Gasteiger partial charge >= 0.3 is 6.09 Å². The Bertz CT molecular complexity index is 1110. The van der Waals surface area contributed by atoms with Crippen LogP contribution in [0.25, 0.3) is 0 Å². The van der Waals surface area contributed by atoms with Crippen molar-refractivity contribution in [2.75, 3.05) is 11.9 Å². The molecule has 0 bridgehead atoms. The molecule has 0 aromatic heterocycles.